The van der Waals surface area contributed by atoms with Crippen LogP contribution in [0.5, 0.6) is 0 Å². The molecule has 0 aromatic heterocycles. The molecule has 1 N–H and O–H groups in total. The zero-order valence-electron chi connectivity index (χ0n) is 15.2. The van der Waals surface area contributed by atoms with E-state index in [1.165, 1.54) is 24.3 Å². The average Bonchev–Trinajstić information content (AvgIpc) is 3.47. The number of carbonyl (C=O) groups excluding carboxylic acids is 2. The van der Waals surface area contributed by atoms with E-state index in [0.29, 0.717) is 37.1 Å². The van der Waals surface area contributed by atoms with Crippen molar-refractivity contribution in [2.24, 2.45) is 11.8 Å². The second kappa shape index (κ2) is 8.52. The highest BCUT2D eigenvalue weighted by Gasteiger charge is 2.35. The lowest BCUT2D eigenvalue weighted by molar-refractivity contribution is 0.0866. The summed E-state index contributed by atoms with van der Waals surface area (Å²) >= 11 is 0. The van der Waals surface area contributed by atoms with E-state index in [1.807, 2.05) is 6.92 Å². The summed E-state index contributed by atoms with van der Waals surface area (Å²) < 4.78 is 18.1. The number of ether oxygens (including phenoxy) is 1. The minimum absolute atomic E-state index is 0.133. The lowest BCUT2D eigenvalue weighted by Gasteiger charge is -2.33. The van der Waals surface area contributed by atoms with Crippen molar-refractivity contribution in [3.8, 4) is 0 Å². The molecule has 2 aliphatic rings. The smallest absolute Gasteiger partial charge is 0.409 e. The van der Waals surface area contributed by atoms with E-state index >= 15 is 0 Å². The van der Waals surface area contributed by atoms with Crippen LogP contribution in [0.1, 0.15) is 49.4 Å². The topological polar surface area (TPSA) is 58.6 Å². The van der Waals surface area contributed by atoms with Gasteiger partial charge in [-0.2, -0.15) is 0 Å². The maximum Gasteiger partial charge on any atom is 0.409 e. The lowest BCUT2D eigenvalue weighted by atomic mass is 9.88. The van der Waals surface area contributed by atoms with E-state index in [1.54, 1.807) is 4.90 Å². The van der Waals surface area contributed by atoms with Crippen LogP contribution in [0.3, 0.4) is 0 Å². The molecule has 1 aromatic carbocycles. The summed E-state index contributed by atoms with van der Waals surface area (Å²) in [6, 6.07) is 5.82. The minimum Gasteiger partial charge on any atom is -0.450 e. The fourth-order valence-electron chi connectivity index (χ4n) is 3.65. The third-order valence-electron chi connectivity index (χ3n) is 5.34. The highest BCUT2D eigenvalue weighted by Crippen LogP contribution is 2.37. The molecule has 0 spiro atoms. The van der Waals surface area contributed by atoms with Crippen molar-refractivity contribution in [1.29, 1.82) is 0 Å². The molecule has 1 saturated heterocycles. The number of hydrogen-bond donors (Lipinski definition) is 1. The molecule has 142 valence electrons. The minimum atomic E-state index is -0.339. The second-order valence-electron chi connectivity index (χ2n) is 7.29. The summed E-state index contributed by atoms with van der Waals surface area (Å²) in [7, 11) is 0. The number of halogens is 1. The van der Waals surface area contributed by atoms with Crippen LogP contribution in [-0.4, -0.2) is 42.6 Å². The molecule has 5 nitrogen and oxygen atoms in total. The van der Waals surface area contributed by atoms with Crippen LogP contribution in [0.25, 0.3) is 0 Å². The fourth-order valence-corrected chi connectivity index (χ4v) is 3.65. The van der Waals surface area contributed by atoms with Crippen molar-refractivity contribution in [3.05, 3.63) is 35.6 Å². The van der Waals surface area contributed by atoms with Gasteiger partial charge in [0, 0.05) is 24.7 Å². The van der Waals surface area contributed by atoms with Crippen molar-refractivity contribution in [1.82, 2.24) is 10.2 Å². The Morgan fingerprint density at radius 1 is 1.19 bits per heavy atom. The van der Waals surface area contributed by atoms with Gasteiger partial charge in [-0.1, -0.05) is 0 Å². The maximum atomic E-state index is 13.0. The van der Waals surface area contributed by atoms with E-state index in [2.05, 4.69) is 5.32 Å². The van der Waals surface area contributed by atoms with Crippen LogP contribution in [0, 0.1) is 17.7 Å². The molecule has 1 aliphatic carbocycles. The van der Waals surface area contributed by atoms with E-state index in [9.17, 15) is 14.0 Å². The molecule has 1 atom stereocenters. The number of amides is 2. The highest BCUT2D eigenvalue weighted by molar-refractivity contribution is 5.94. The molecule has 2 fully saturated rings. The second-order valence-corrected chi connectivity index (χ2v) is 7.29. The third-order valence-corrected chi connectivity index (χ3v) is 5.34. The van der Waals surface area contributed by atoms with Gasteiger partial charge in [0.25, 0.3) is 5.91 Å². The molecule has 2 amide bonds. The van der Waals surface area contributed by atoms with E-state index in [-0.39, 0.29) is 23.9 Å². The largest absolute Gasteiger partial charge is 0.450 e. The Labute approximate surface area is 153 Å². The molecular weight excluding hydrogens is 335 g/mol. The Hall–Kier alpha value is -2.11. The van der Waals surface area contributed by atoms with Gasteiger partial charge >= 0.3 is 6.09 Å². The first-order valence-corrected chi connectivity index (χ1v) is 9.55. The number of carbonyl (C=O) groups is 2. The third kappa shape index (κ3) is 4.96. The first-order valence-electron chi connectivity index (χ1n) is 9.55. The number of nitrogens with zero attached hydrogens (tertiary/aromatic N) is 1. The first-order chi connectivity index (χ1) is 12.6. The molecule has 0 bridgehead atoms. The average molecular weight is 362 g/mol. The summed E-state index contributed by atoms with van der Waals surface area (Å²) in [5, 5.41) is 3.15. The van der Waals surface area contributed by atoms with Crippen LogP contribution in [0.15, 0.2) is 24.3 Å². The molecule has 1 aliphatic heterocycles. The molecule has 3 rings (SSSR count). The van der Waals surface area contributed by atoms with Crippen molar-refractivity contribution in [3.63, 3.8) is 0 Å². The Bertz CT molecular complexity index is 622. The molecule has 1 heterocycles. The van der Waals surface area contributed by atoms with Gasteiger partial charge in [-0.25, -0.2) is 9.18 Å². The zero-order valence-corrected chi connectivity index (χ0v) is 15.2. The molecule has 0 radical (unpaired) electrons. The number of piperidine rings is 1. The quantitative estimate of drug-likeness (QED) is 0.841. The Balaban J connectivity index is 1.51. The summed E-state index contributed by atoms with van der Waals surface area (Å²) in [5.41, 5.74) is 0.495. The van der Waals surface area contributed by atoms with Crippen LogP contribution < -0.4 is 5.32 Å². The lowest BCUT2D eigenvalue weighted by Crippen LogP contribution is -2.42. The molecule has 26 heavy (non-hydrogen) atoms. The van der Waals surface area contributed by atoms with Gasteiger partial charge in [-0.15, -0.1) is 0 Å². The standard InChI is InChI=1S/C20H27FN2O3/c1-2-26-20(25)23-11-9-14(10-12-23)13-18(15-3-4-15)22-19(24)16-5-7-17(21)8-6-16/h5-8,14-15,18H,2-4,9-13H2,1H3,(H,22,24). The van der Waals surface area contributed by atoms with Gasteiger partial charge in [-0.05, 0) is 75.1 Å². The van der Waals surface area contributed by atoms with E-state index < -0.39 is 0 Å². The van der Waals surface area contributed by atoms with Gasteiger partial charge < -0.3 is 15.0 Å². The summed E-state index contributed by atoms with van der Waals surface area (Å²) in [6.45, 7) is 3.65. The molecule has 1 aromatic rings. The van der Waals surface area contributed by atoms with Crippen LogP contribution >= 0.6 is 0 Å². The van der Waals surface area contributed by atoms with Gasteiger partial charge in [0.1, 0.15) is 5.82 Å². The van der Waals surface area contributed by atoms with Crippen LogP contribution in [0.2, 0.25) is 0 Å². The molecule has 1 saturated carbocycles. The number of nitrogens with one attached hydrogen (secondary N) is 1. The number of benzene rings is 1. The molecule has 6 heteroatoms. The van der Waals surface area contributed by atoms with Crippen LogP contribution in [0.4, 0.5) is 9.18 Å². The summed E-state index contributed by atoms with van der Waals surface area (Å²) in [5.74, 6) is 0.571. The van der Waals surface area contributed by atoms with Crippen molar-refractivity contribution < 1.29 is 18.7 Å². The number of hydrogen-bond acceptors (Lipinski definition) is 3. The SMILES string of the molecule is CCOC(=O)N1CCC(CC(NC(=O)c2ccc(F)cc2)C2CC2)CC1. The predicted octanol–water partition coefficient (Wildman–Crippen LogP) is 3.59. The zero-order chi connectivity index (χ0) is 18.5. The first kappa shape index (κ1) is 18.7. The Kier molecular flexibility index (Phi) is 6.12. The van der Waals surface area contributed by atoms with Gasteiger partial charge in [-0.3, -0.25) is 4.79 Å². The predicted molar refractivity (Wildman–Crippen MR) is 96.3 cm³/mol. The van der Waals surface area contributed by atoms with Crippen molar-refractivity contribution >= 4 is 12.0 Å². The number of likely N-dealkylation sites (tertiary alicyclic amines) is 1. The van der Waals surface area contributed by atoms with E-state index in [4.69, 9.17) is 4.74 Å². The van der Waals surface area contributed by atoms with Crippen molar-refractivity contribution in [2.75, 3.05) is 19.7 Å². The van der Waals surface area contributed by atoms with Gasteiger partial charge in [0.05, 0.1) is 6.61 Å². The molecule has 1 unspecified atom stereocenters. The molecular formula is C20H27FN2O3. The monoisotopic (exact) mass is 362 g/mol. The Morgan fingerprint density at radius 2 is 1.85 bits per heavy atom. The van der Waals surface area contributed by atoms with Crippen LogP contribution in [-0.2, 0) is 4.74 Å². The van der Waals surface area contributed by atoms with Gasteiger partial charge in [0.2, 0.25) is 0 Å². The van der Waals surface area contributed by atoms with Gasteiger partial charge in [0.15, 0.2) is 0 Å². The normalized spacial score (nSPS) is 19.1. The summed E-state index contributed by atoms with van der Waals surface area (Å²) in [6.07, 6.45) is 4.89. The maximum absolute atomic E-state index is 13.0. The fraction of sp³-hybridized carbons (Fsp3) is 0.600. The Morgan fingerprint density at radius 3 is 2.42 bits per heavy atom. The van der Waals surface area contributed by atoms with Crippen molar-refractivity contribution in [2.45, 2.75) is 45.1 Å². The highest BCUT2D eigenvalue weighted by atomic mass is 19.1. The van der Waals surface area contributed by atoms with E-state index in [0.717, 1.165) is 32.1 Å². The summed E-state index contributed by atoms with van der Waals surface area (Å²) in [4.78, 5) is 26.0. The number of rotatable bonds is 6.